The van der Waals surface area contributed by atoms with E-state index >= 15 is 0 Å². The lowest BCUT2D eigenvalue weighted by molar-refractivity contribution is -0.130. The molecule has 2 heterocycles. The molecule has 134 valence electrons. The van der Waals surface area contributed by atoms with Crippen LogP contribution in [0.2, 0.25) is 10.0 Å². The molecule has 27 heavy (non-hydrogen) atoms. The summed E-state index contributed by atoms with van der Waals surface area (Å²) in [5.74, 6) is 1.16. The van der Waals surface area contributed by atoms with E-state index in [1.54, 1.807) is 42.5 Å². The van der Waals surface area contributed by atoms with Crippen molar-refractivity contribution >= 4 is 56.9 Å². The fourth-order valence-electron chi connectivity index (χ4n) is 2.66. The van der Waals surface area contributed by atoms with Crippen LogP contribution < -0.4 is 0 Å². The molecule has 6 heteroatoms. The largest absolute Gasteiger partial charge is 0.457 e. The first-order valence-corrected chi connectivity index (χ1v) is 9.51. The predicted octanol–water partition coefficient (Wildman–Crippen LogP) is 7.00. The lowest BCUT2D eigenvalue weighted by Gasteiger charge is -2.01. The van der Waals surface area contributed by atoms with Crippen LogP contribution in [0.5, 0.6) is 0 Å². The molecule has 0 saturated carbocycles. The molecule has 3 nitrogen and oxygen atoms in total. The first-order chi connectivity index (χ1) is 13.0. The SMILES string of the molecule is O=C1OC(c2ccc(Br)cc2)=C/C1=C\c1ccc(-c2cc(Cl)ccc2Cl)o1. The fourth-order valence-corrected chi connectivity index (χ4v) is 3.31. The fraction of sp³-hybridized carbons (Fsp3) is 0. The topological polar surface area (TPSA) is 39.4 Å². The van der Waals surface area contributed by atoms with Crippen LogP contribution in [0.3, 0.4) is 0 Å². The summed E-state index contributed by atoms with van der Waals surface area (Å²) in [6, 6.07) is 16.2. The lowest BCUT2D eigenvalue weighted by Crippen LogP contribution is -1.96. The average Bonchev–Trinajstić information content (AvgIpc) is 3.25. The molecule has 0 radical (unpaired) electrons. The average molecular weight is 462 g/mol. The zero-order valence-electron chi connectivity index (χ0n) is 13.7. The molecule has 1 aliphatic rings. The molecule has 2 aromatic carbocycles. The molecule has 4 rings (SSSR count). The van der Waals surface area contributed by atoms with E-state index in [4.69, 9.17) is 32.4 Å². The van der Waals surface area contributed by atoms with Crippen LogP contribution in [-0.4, -0.2) is 5.97 Å². The van der Waals surface area contributed by atoms with Crippen molar-refractivity contribution in [3.8, 4) is 11.3 Å². The monoisotopic (exact) mass is 460 g/mol. The number of esters is 1. The number of halogens is 3. The van der Waals surface area contributed by atoms with Crippen LogP contribution in [-0.2, 0) is 9.53 Å². The molecule has 3 aromatic rings. The van der Waals surface area contributed by atoms with Crippen molar-refractivity contribution < 1.29 is 13.9 Å². The van der Waals surface area contributed by atoms with E-state index in [1.807, 2.05) is 24.3 Å². The van der Waals surface area contributed by atoms with Gasteiger partial charge in [0, 0.05) is 20.6 Å². The van der Waals surface area contributed by atoms with Crippen LogP contribution in [0.4, 0.5) is 0 Å². The third-order valence-electron chi connectivity index (χ3n) is 3.97. The lowest BCUT2D eigenvalue weighted by atomic mass is 10.1. The van der Waals surface area contributed by atoms with Crippen LogP contribution in [0.1, 0.15) is 11.3 Å². The summed E-state index contributed by atoms with van der Waals surface area (Å²) in [4.78, 5) is 12.2. The smallest absolute Gasteiger partial charge is 0.343 e. The van der Waals surface area contributed by atoms with Gasteiger partial charge in [0.05, 0.1) is 10.6 Å². The molecule has 0 fully saturated rings. The van der Waals surface area contributed by atoms with E-state index in [-0.39, 0.29) is 0 Å². The normalized spacial score (nSPS) is 15.1. The summed E-state index contributed by atoms with van der Waals surface area (Å²) in [5, 5.41) is 1.10. The number of hydrogen-bond acceptors (Lipinski definition) is 3. The number of carbonyl (C=O) groups excluding carboxylic acids is 1. The minimum absolute atomic E-state index is 0.408. The highest BCUT2D eigenvalue weighted by molar-refractivity contribution is 9.10. The van der Waals surface area contributed by atoms with Gasteiger partial charge in [-0.1, -0.05) is 51.3 Å². The van der Waals surface area contributed by atoms with E-state index in [9.17, 15) is 4.79 Å². The Morgan fingerprint density at radius 2 is 1.74 bits per heavy atom. The van der Waals surface area contributed by atoms with Crippen LogP contribution in [0.15, 0.2) is 75.1 Å². The minimum Gasteiger partial charge on any atom is -0.457 e. The molecule has 0 atom stereocenters. The van der Waals surface area contributed by atoms with Crippen LogP contribution in [0, 0.1) is 0 Å². The molecule has 1 aliphatic heterocycles. The standard InChI is InChI=1S/C21H11BrCl2O3/c22-14-3-1-12(2-4-14)20-10-13(21(25)27-20)9-16-6-8-19(26-16)17-11-15(23)5-7-18(17)24/h1-11H/b13-9+. The summed E-state index contributed by atoms with van der Waals surface area (Å²) in [6.07, 6.45) is 3.33. The highest BCUT2D eigenvalue weighted by Crippen LogP contribution is 2.33. The van der Waals surface area contributed by atoms with E-state index in [1.165, 1.54) is 0 Å². The summed E-state index contributed by atoms with van der Waals surface area (Å²) in [6.45, 7) is 0. The zero-order chi connectivity index (χ0) is 19.0. The van der Waals surface area contributed by atoms with Gasteiger partial charge in [0.25, 0.3) is 0 Å². The van der Waals surface area contributed by atoms with Gasteiger partial charge < -0.3 is 9.15 Å². The number of furan rings is 1. The number of benzene rings is 2. The number of cyclic esters (lactones) is 1. The van der Waals surface area contributed by atoms with Gasteiger partial charge in [0.15, 0.2) is 0 Å². The number of hydrogen-bond donors (Lipinski definition) is 0. The third kappa shape index (κ3) is 3.88. The molecule has 0 spiro atoms. The predicted molar refractivity (Wildman–Crippen MR) is 110 cm³/mol. The maximum absolute atomic E-state index is 12.2. The first kappa shape index (κ1) is 18.1. The highest BCUT2D eigenvalue weighted by atomic mass is 79.9. The highest BCUT2D eigenvalue weighted by Gasteiger charge is 2.22. The quantitative estimate of drug-likeness (QED) is 0.311. The van der Waals surface area contributed by atoms with Crippen molar-refractivity contribution in [3.63, 3.8) is 0 Å². The molecule has 0 saturated heterocycles. The summed E-state index contributed by atoms with van der Waals surface area (Å²) in [7, 11) is 0. The van der Waals surface area contributed by atoms with Gasteiger partial charge in [-0.05, 0) is 54.6 Å². The van der Waals surface area contributed by atoms with Gasteiger partial charge in [-0.3, -0.25) is 0 Å². The van der Waals surface area contributed by atoms with Crippen molar-refractivity contribution in [1.82, 2.24) is 0 Å². The van der Waals surface area contributed by atoms with E-state index in [0.29, 0.717) is 38.5 Å². The second-order valence-electron chi connectivity index (χ2n) is 5.83. The Morgan fingerprint density at radius 1 is 0.963 bits per heavy atom. The van der Waals surface area contributed by atoms with Gasteiger partial charge >= 0.3 is 5.97 Å². The summed E-state index contributed by atoms with van der Waals surface area (Å²) in [5.41, 5.74) is 1.92. The Bertz CT molecular complexity index is 1090. The van der Waals surface area contributed by atoms with Crippen LogP contribution >= 0.6 is 39.1 Å². The number of ether oxygens (including phenoxy) is 1. The Kier molecular flexibility index (Phi) is 4.96. The molecule has 0 aliphatic carbocycles. The van der Waals surface area contributed by atoms with Crippen molar-refractivity contribution in [3.05, 3.63) is 92.1 Å². The van der Waals surface area contributed by atoms with Gasteiger partial charge in [0.2, 0.25) is 0 Å². The second-order valence-corrected chi connectivity index (χ2v) is 7.59. The Labute approximate surface area is 174 Å². The number of rotatable bonds is 3. The first-order valence-electron chi connectivity index (χ1n) is 7.96. The maximum Gasteiger partial charge on any atom is 0.343 e. The minimum atomic E-state index is -0.424. The number of carbonyl (C=O) groups is 1. The Hall–Kier alpha value is -2.27. The molecular weight excluding hydrogens is 451 g/mol. The zero-order valence-corrected chi connectivity index (χ0v) is 16.8. The van der Waals surface area contributed by atoms with Crippen molar-refractivity contribution in [2.45, 2.75) is 0 Å². The van der Waals surface area contributed by atoms with E-state index < -0.39 is 5.97 Å². The van der Waals surface area contributed by atoms with E-state index in [2.05, 4.69) is 15.9 Å². The molecule has 1 aromatic heterocycles. The molecule has 0 N–H and O–H groups in total. The summed E-state index contributed by atoms with van der Waals surface area (Å²) < 4.78 is 12.1. The van der Waals surface area contributed by atoms with Gasteiger partial charge in [-0.2, -0.15) is 0 Å². The van der Waals surface area contributed by atoms with Gasteiger partial charge in [-0.25, -0.2) is 4.79 Å². The van der Waals surface area contributed by atoms with Gasteiger partial charge in [0.1, 0.15) is 17.3 Å². The molecule has 0 amide bonds. The molecular formula is C21H11BrCl2O3. The van der Waals surface area contributed by atoms with E-state index in [0.717, 1.165) is 10.0 Å². The molecule has 0 unspecified atom stereocenters. The van der Waals surface area contributed by atoms with Crippen LogP contribution in [0.25, 0.3) is 23.2 Å². The van der Waals surface area contributed by atoms with Crippen molar-refractivity contribution in [2.24, 2.45) is 0 Å². The Morgan fingerprint density at radius 3 is 2.52 bits per heavy atom. The maximum atomic E-state index is 12.2. The van der Waals surface area contributed by atoms with Crippen molar-refractivity contribution in [2.75, 3.05) is 0 Å². The third-order valence-corrected chi connectivity index (χ3v) is 5.07. The second kappa shape index (κ2) is 7.39. The van der Waals surface area contributed by atoms with Gasteiger partial charge in [-0.15, -0.1) is 0 Å². The Balaban J connectivity index is 1.64. The molecule has 0 bridgehead atoms. The summed E-state index contributed by atoms with van der Waals surface area (Å²) >= 11 is 15.6. The van der Waals surface area contributed by atoms with Crippen molar-refractivity contribution in [1.29, 1.82) is 0 Å².